The molecule has 1 rings (SSSR count). The fraction of sp³-hybridized carbons (Fsp3) is 0.400. The normalized spacial score (nSPS) is 9.90. The number of esters is 2. The van der Waals surface area contributed by atoms with E-state index in [9.17, 15) is 14.4 Å². The van der Waals surface area contributed by atoms with Gasteiger partial charge in [-0.3, -0.25) is 9.59 Å². The van der Waals surface area contributed by atoms with Gasteiger partial charge in [0.2, 0.25) is 0 Å². The number of Topliss-reactive ketones (excluding diaryl/α,β-unsaturated/α-hetero) is 1. The number of carbonyl (C=O) groups excluding carboxylic acids is 3. The maximum Gasteiger partial charge on any atom is 0.338 e. The highest BCUT2D eigenvalue weighted by Crippen LogP contribution is 2.14. The molecule has 5 heteroatoms. The third kappa shape index (κ3) is 4.50. The second kappa shape index (κ2) is 8.09. The standard InChI is InChI=1S/C15H18O5/c1-3-20-15(18)12-8-5-4-7-11(12)13(16)9-6-10-14(17)19-2/h4-5,7-8H,3,6,9-10H2,1-2H3. The zero-order chi connectivity index (χ0) is 15.0. The van der Waals surface area contributed by atoms with E-state index in [1.807, 2.05) is 0 Å². The summed E-state index contributed by atoms with van der Waals surface area (Å²) in [5.41, 5.74) is 0.591. The van der Waals surface area contributed by atoms with Crippen molar-refractivity contribution in [2.45, 2.75) is 26.2 Å². The molecule has 0 unspecified atom stereocenters. The van der Waals surface area contributed by atoms with E-state index in [0.717, 1.165) is 0 Å². The van der Waals surface area contributed by atoms with Gasteiger partial charge < -0.3 is 9.47 Å². The number of hydrogen-bond acceptors (Lipinski definition) is 5. The molecule has 0 N–H and O–H groups in total. The average molecular weight is 278 g/mol. The van der Waals surface area contributed by atoms with E-state index in [2.05, 4.69) is 4.74 Å². The SMILES string of the molecule is CCOC(=O)c1ccccc1C(=O)CCCC(=O)OC. The minimum atomic E-state index is -0.510. The van der Waals surface area contributed by atoms with Gasteiger partial charge in [-0.25, -0.2) is 4.79 Å². The number of rotatable bonds is 7. The largest absolute Gasteiger partial charge is 0.469 e. The van der Waals surface area contributed by atoms with Crippen LogP contribution in [-0.4, -0.2) is 31.4 Å². The molecule has 0 atom stereocenters. The lowest BCUT2D eigenvalue weighted by atomic mass is 10.00. The molecule has 0 aromatic heterocycles. The molecular weight excluding hydrogens is 260 g/mol. The van der Waals surface area contributed by atoms with Gasteiger partial charge in [0.1, 0.15) is 0 Å². The Balaban J connectivity index is 2.72. The Labute approximate surface area is 117 Å². The van der Waals surface area contributed by atoms with Gasteiger partial charge in [0, 0.05) is 18.4 Å². The summed E-state index contributed by atoms with van der Waals surface area (Å²) in [6, 6.07) is 6.52. The van der Waals surface area contributed by atoms with E-state index in [1.54, 1.807) is 31.2 Å². The van der Waals surface area contributed by atoms with Crippen LogP contribution in [0.4, 0.5) is 0 Å². The second-order valence-electron chi connectivity index (χ2n) is 4.12. The van der Waals surface area contributed by atoms with Crippen molar-refractivity contribution >= 4 is 17.7 Å². The lowest BCUT2D eigenvalue weighted by molar-refractivity contribution is -0.140. The summed E-state index contributed by atoms with van der Waals surface area (Å²) in [5, 5.41) is 0. The molecule has 0 bridgehead atoms. The lowest BCUT2D eigenvalue weighted by Gasteiger charge is -2.07. The quantitative estimate of drug-likeness (QED) is 0.565. The highest BCUT2D eigenvalue weighted by Gasteiger charge is 2.17. The zero-order valence-electron chi connectivity index (χ0n) is 11.7. The van der Waals surface area contributed by atoms with Crippen molar-refractivity contribution in [3.63, 3.8) is 0 Å². The number of methoxy groups -OCH3 is 1. The molecule has 0 amide bonds. The monoisotopic (exact) mass is 278 g/mol. The van der Waals surface area contributed by atoms with Gasteiger partial charge in [0.15, 0.2) is 5.78 Å². The van der Waals surface area contributed by atoms with Crippen LogP contribution in [0.5, 0.6) is 0 Å². The zero-order valence-corrected chi connectivity index (χ0v) is 11.7. The van der Waals surface area contributed by atoms with Gasteiger partial charge in [-0.05, 0) is 19.4 Å². The van der Waals surface area contributed by atoms with Gasteiger partial charge in [0.25, 0.3) is 0 Å². The van der Waals surface area contributed by atoms with E-state index >= 15 is 0 Å². The number of carbonyl (C=O) groups is 3. The number of ether oxygens (including phenoxy) is 2. The van der Waals surface area contributed by atoms with Crippen LogP contribution in [-0.2, 0) is 14.3 Å². The molecule has 0 heterocycles. The Hall–Kier alpha value is -2.17. The van der Waals surface area contributed by atoms with Gasteiger partial charge in [-0.2, -0.15) is 0 Å². The Morgan fingerprint density at radius 3 is 2.30 bits per heavy atom. The van der Waals surface area contributed by atoms with Crippen molar-refractivity contribution in [3.05, 3.63) is 35.4 Å². The molecule has 20 heavy (non-hydrogen) atoms. The van der Waals surface area contributed by atoms with Crippen molar-refractivity contribution in [1.29, 1.82) is 0 Å². The minimum absolute atomic E-state index is 0.183. The Kier molecular flexibility index (Phi) is 6.43. The average Bonchev–Trinajstić information content (AvgIpc) is 2.47. The summed E-state index contributed by atoms with van der Waals surface area (Å²) in [7, 11) is 1.31. The summed E-state index contributed by atoms with van der Waals surface area (Å²) in [6.07, 6.45) is 0.762. The lowest BCUT2D eigenvalue weighted by Crippen LogP contribution is -2.12. The van der Waals surface area contributed by atoms with Gasteiger partial charge in [-0.15, -0.1) is 0 Å². The van der Waals surface area contributed by atoms with E-state index in [4.69, 9.17) is 4.74 Å². The van der Waals surface area contributed by atoms with Crippen LogP contribution >= 0.6 is 0 Å². The Morgan fingerprint density at radius 1 is 1.05 bits per heavy atom. The molecule has 0 fully saturated rings. The smallest absolute Gasteiger partial charge is 0.338 e. The maximum atomic E-state index is 12.1. The third-order valence-electron chi connectivity index (χ3n) is 2.74. The first-order valence-corrected chi connectivity index (χ1v) is 6.46. The molecule has 0 aliphatic heterocycles. The summed E-state index contributed by atoms with van der Waals surface area (Å²) in [5.74, 6) is -1.04. The Morgan fingerprint density at radius 2 is 1.70 bits per heavy atom. The molecular formula is C15H18O5. The van der Waals surface area contributed by atoms with Crippen molar-refractivity contribution in [2.24, 2.45) is 0 Å². The van der Waals surface area contributed by atoms with E-state index in [0.29, 0.717) is 12.0 Å². The highest BCUT2D eigenvalue weighted by atomic mass is 16.5. The molecule has 0 saturated carbocycles. The minimum Gasteiger partial charge on any atom is -0.469 e. The van der Waals surface area contributed by atoms with Gasteiger partial charge in [-0.1, -0.05) is 18.2 Å². The van der Waals surface area contributed by atoms with Crippen molar-refractivity contribution in [3.8, 4) is 0 Å². The molecule has 0 aliphatic rings. The van der Waals surface area contributed by atoms with Crippen LogP contribution < -0.4 is 0 Å². The predicted octanol–water partition coefficient (Wildman–Crippen LogP) is 2.39. The van der Waals surface area contributed by atoms with Crippen LogP contribution in [0.25, 0.3) is 0 Å². The Bertz CT molecular complexity index is 493. The number of ketones is 1. The van der Waals surface area contributed by atoms with Crippen LogP contribution in [0.2, 0.25) is 0 Å². The topological polar surface area (TPSA) is 69.7 Å². The molecule has 0 radical (unpaired) electrons. The molecule has 1 aromatic rings. The fourth-order valence-electron chi connectivity index (χ4n) is 1.74. The van der Waals surface area contributed by atoms with Crippen LogP contribution in [0.3, 0.4) is 0 Å². The summed E-state index contributed by atoms with van der Waals surface area (Å²) in [6.45, 7) is 1.96. The van der Waals surface area contributed by atoms with E-state index in [-0.39, 0.29) is 36.8 Å². The molecule has 0 aliphatic carbocycles. The number of hydrogen-bond donors (Lipinski definition) is 0. The van der Waals surface area contributed by atoms with E-state index in [1.165, 1.54) is 7.11 Å². The first-order valence-electron chi connectivity index (χ1n) is 6.46. The summed E-state index contributed by atoms with van der Waals surface area (Å²) >= 11 is 0. The maximum absolute atomic E-state index is 12.1. The van der Waals surface area contributed by atoms with Crippen LogP contribution in [0, 0.1) is 0 Å². The molecule has 108 valence electrons. The molecule has 5 nitrogen and oxygen atoms in total. The predicted molar refractivity (Wildman–Crippen MR) is 72.6 cm³/mol. The molecule has 1 aromatic carbocycles. The summed E-state index contributed by atoms with van der Waals surface area (Å²) < 4.78 is 9.42. The van der Waals surface area contributed by atoms with Crippen molar-refractivity contribution in [2.75, 3.05) is 13.7 Å². The van der Waals surface area contributed by atoms with Crippen LogP contribution in [0.1, 0.15) is 46.9 Å². The van der Waals surface area contributed by atoms with Crippen molar-refractivity contribution < 1.29 is 23.9 Å². The first-order chi connectivity index (χ1) is 9.60. The van der Waals surface area contributed by atoms with E-state index < -0.39 is 5.97 Å². The van der Waals surface area contributed by atoms with Gasteiger partial charge >= 0.3 is 11.9 Å². The van der Waals surface area contributed by atoms with Crippen LogP contribution in [0.15, 0.2) is 24.3 Å². The molecule has 0 saturated heterocycles. The highest BCUT2D eigenvalue weighted by molar-refractivity contribution is 6.06. The summed E-state index contributed by atoms with van der Waals surface area (Å²) in [4.78, 5) is 34.8. The van der Waals surface area contributed by atoms with Crippen molar-refractivity contribution in [1.82, 2.24) is 0 Å². The number of benzene rings is 1. The first kappa shape index (κ1) is 15.9. The molecule has 0 spiro atoms. The fourth-order valence-corrected chi connectivity index (χ4v) is 1.74. The second-order valence-corrected chi connectivity index (χ2v) is 4.12. The third-order valence-corrected chi connectivity index (χ3v) is 2.74. The van der Waals surface area contributed by atoms with Gasteiger partial charge in [0.05, 0.1) is 19.3 Å².